The third-order valence-corrected chi connectivity index (χ3v) is 4.62. The number of rotatable bonds is 12. The minimum atomic E-state index is -0.697. The molecule has 0 heterocycles. The molecule has 26 heavy (non-hydrogen) atoms. The summed E-state index contributed by atoms with van der Waals surface area (Å²) in [5.74, 6) is -0.693. The first-order chi connectivity index (χ1) is 12.3. The highest BCUT2D eigenvalue weighted by Gasteiger charge is 2.14. The van der Waals surface area contributed by atoms with Gasteiger partial charge >= 0.3 is 5.97 Å². The van der Waals surface area contributed by atoms with Gasteiger partial charge in [-0.1, -0.05) is 71.4 Å². The van der Waals surface area contributed by atoms with Gasteiger partial charge in [0, 0.05) is 18.5 Å². The topological polar surface area (TPSA) is 66.4 Å². The van der Waals surface area contributed by atoms with Crippen LogP contribution in [-0.2, 0) is 10.2 Å². The average molecular weight is 362 g/mol. The number of unbranched alkanes of at least 4 members (excludes halogenated alkanes) is 7. The standard InChI is InChI=1S/C22H35NO3/c1-22(2,3)19-15-13-18(14-16-19)21(26)23-17-11-9-7-5-4-6-8-10-12-20(24)25/h13-16H,4-12,17H2,1-3H3,(H,23,26)(H,24,25). The number of amides is 1. The smallest absolute Gasteiger partial charge is 0.303 e. The summed E-state index contributed by atoms with van der Waals surface area (Å²) in [4.78, 5) is 22.5. The summed E-state index contributed by atoms with van der Waals surface area (Å²) in [5, 5.41) is 11.6. The summed E-state index contributed by atoms with van der Waals surface area (Å²) in [7, 11) is 0. The van der Waals surface area contributed by atoms with E-state index in [1.807, 2.05) is 24.3 Å². The second-order valence-corrected chi connectivity index (χ2v) is 8.06. The molecular formula is C22H35NO3. The molecule has 0 saturated carbocycles. The lowest BCUT2D eigenvalue weighted by atomic mass is 9.87. The van der Waals surface area contributed by atoms with Crippen LogP contribution in [0, 0.1) is 0 Å². The van der Waals surface area contributed by atoms with E-state index in [1.165, 1.54) is 24.8 Å². The van der Waals surface area contributed by atoms with Gasteiger partial charge in [-0.05, 0) is 36.0 Å². The maximum Gasteiger partial charge on any atom is 0.303 e. The Bertz CT molecular complexity index is 544. The first-order valence-corrected chi connectivity index (χ1v) is 9.91. The average Bonchev–Trinajstić information content (AvgIpc) is 2.58. The van der Waals surface area contributed by atoms with Gasteiger partial charge in [-0.2, -0.15) is 0 Å². The number of aliphatic carboxylic acids is 1. The zero-order chi connectivity index (χ0) is 19.4. The fourth-order valence-electron chi connectivity index (χ4n) is 2.89. The third-order valence-electron chi connectivity index (χ3n) is 4.62. The Kier molecular flexibility index (Phi) is 10.0. The number of carbonyl (C=O) groups is 2. The molecule has 1 amide bonds. The quantitative estimate of drug-likeness (QED) is 0.496. The van der Waals surface area contributed by atoms with E-state index in [2.05, 4.69) is 26.1 Å². The van der Waals surface area contributed by atoms with E-state index in [0.29, 0.717) is 6.42 Å². The second-order valence-electron chi connectivity index (χ2n) is 8.06. The molecular weight excluding hydrogens is 326 g/mol. The molecule has 0 unspecified atom stereocenters. The normalized spacial score (nSPS) is 11.3. The summed E-state index contributed by atoms with van der Waals surface area (Å²) < 4.78 is 0. The first-order valence-electron chi connectivity index (χ1n) is 9.91. The third kappa shape index (κ3) is 9.59. The van der Waals surface area contributed by atoms with Gasteiger partial charge in [0.1, 0.15) is 0 Å². The summed E-state index contributed by atoms with van der Waals surface area (Å²) in [5.41, 5.74) is 2.06. The lowest BCUT2D eigenvalue weighted by Gasteiger charge is -2.19. The monoisotopic (exact) mass is 361 g/mol. The maximum absolute atomic E-state index is 12.1. The van der Waals surface area contributed by atoms with Crippen LogP contribution in [0.15, 0.2) is 24.3 Å². The molecule has 0 spiro atoms. The Morgan fingerprint density at radius 3 is 1.85 bits per heavy atom. The lowest BCUT2D eigenvalue weighted by Crippen LogP contribution is -2.24. The molecule has 1 aromatic carbocycles. The number of benzene rings is 1. The Hall–Kier alpha value is -1.84. The van der Waals surface area contributed by atoms with Crippen LogP contribution in [0.2, 0.25) is 0 Å². The van der Waals surface area contributed by atoms with Crippen LogP contribution in [0.25, 0.3) is 0 Å². The molecule has 0 radical (unpaired) electrons. The summed E-state index contributed by atoms with van der Waals surface area (Å²) >= 11 is 0. The van der Waals surface area contributed by atoms with Crippen molar-refractivity contribution < 1.29 is 14.7 Å². The van der Waals surface area contributed by atoms with Crippen LogP contribution >= 0.6 is 0 Å². The van der Waals surface area contributed by atoms with Crippen LogP contribution in [0.4, 0.5) is 0 Å². The van der Waals surface area contributed by atoms with Gasteiger partial charge in [0.2, 0.25) is 0 Å². The van der Waals surface area contributed by atoms with Gasteiger partial charge in [-0.15, -0.1) is 0 Å². The molecule has 0 aromatic heterocycles. The van der Waals surface area contributed by atoms with Gasteiger partial charge in [-0.3, -0.25) is 9.59 Å². The van der Waals surface area contributed by atoms with E-state index in [1.54, 1.807) is 0 Å². The molecule has 2 N–H and O–H groups in total. The molecule has 0 saturated heterocycles. The highest BCUT2D eigenvalue weighted by molar-refractivity contribution is 5.94. The van der Waals surface area contributed by atoms with Gasteiger partial charge in [-0.25, -0.2) is 0 Å². The summed E-state index contributed by atoms with van der Waals surface area (Å²) in [6.45, 7) is 7.22. The molecule has 0 aliphatic rings. The number of carbonyl (C=O) groups excluding carboxylic acids is 1. The van der Waals surface area contributed by atoms with E-state index in [0.717, 1.165) is 44.2 Å². The SMILES string of the molecule is CC(C)(C)c1ccc(C(=O)NCCCCCCCCCCC(=O)O)cc1. The second kappa shape index (κ2) is 11.7. The Morgan fingerprint density at radius 2 is 1.35 bits per heavy atom. The number of nitrogens with one attached hydrogen (secondary N) is 1. The zero-order valence-electron chi connectivity index (χ0n) is 16.6. The number of hydrogen-bond acceptors (Lipinski definition) is 2. The van der Waals surface area contributed by atoms with E-state index in [9.17, 15) is 9.59 Å². The Balaban J connectivity index is 2.05. The van der Waals surface area contributed by atoms with Crippen molar-refractivity contribution in [3.63, 3.8) is 0 Å². The van der Waals surface area contributed by atoms with Crippen molar-refractivity contribution in [1.29, 1.82) is 0 Å². The van der Waals surface area contributed by atoms with Crippen molar-refractivity contribution in [2.24, 2.45) is 0 Å². The predicted octanol–water partition coefficient (Wildman–Crippen LogP) is 5.31. The minimum absolute atomic E-state index is 0.00360. The van der Waals surface area contributed by atoms with Crippen molar-refractivity contribution >= 4 is 11.9 Å². The summed E-state index contributed by atoms with van der Waals surface area (Å²) in [6.07, 6.45) is 8.88. The first kappa shape index (κ1) is 22.2. The fourth-order valence-corrected chi connectivity index (χ4v) is 2.89. The largest absolute Gasteiger partial charge is 0.481 e. The minimum Gasteiger partial charge on any atom is -0.481 e. The van der Waals surface area contributed by atoms with Crippen LogP contribution in [0.3, 0.4) is 0 Å². The van der Waals surface area contributed by atoms with Crippen molar-refractivity contribution in [1.82, 2.24) is 5.32 Å². The fraction of sp³-hybridized carbons (Fsp3) is 0.636. The van der Waals surface area contributed by atoms with Crippen molar-refractivity contribution in [3.8, 4) is 0 Å². The maximum atomic E-state index is 12.1. The van der Waals surface area contributed by atoms with E-state index >= 15 is 0 Å². The molecule has 1 rings (SSSR count). The van der Waals surface area contributed by atoms with Gasteiger partial charge in [0.05, 0.1) is 0 Å². The highest BCUT2D eigenvalue weighted by atomic mass is 16.4. The molecule has 0 fully saturated rings. The van der Waals surface area contributed by atoms with Crippen LogP contribution in [0.1, 0.15) is 94.5 Å². The number of hydrogen-bond donors (Lipinski definition) is 2. The van der Waals surface area contributed by atoms with E-state index in [-0.39, 0.29) is 11.3 Å². The molecule has 0 aliphatic carbocycles. The van der Waals surface area contributed by atoms with Crippen molar-refractivity contribution in [2.75, 3.05) is 6.54 Å². The van der Waals surface area contributed by atoms with Gasteiger partial charge in [0.25, 0.3) is 5.91 Å². The molecule has 146 valence electrons. The zero-order valence-corrected chi connectivity index (χ0v) is 16.6. The lowest BCUT2D eigenvalue weighted by molar-refractivity contribution is -0.137. The summed E-state index contributed by atoms with van der Waals surface area (Å²) in [6, 6.07) is 7.87. The van der Waals surface area contributed by atoms with Crippen molar-refractivity contribution in [2.45, 2.75) is 84.0 Å². The molecule has 4 heteroatoms. The number of carboxylic acid groups (broad SMARTS) is 1. The van der Waals surface area contributed by atoms with E-state index < -0.39 is 5.97 Å². The molecule has 0 bridgehead atoms. The molecule has 4 nitrogen and oxygen atoms in total. The van der Waals surface area contributed by atoms with Crippen LogP contribution < -0.4 is 5.32 Å². The Morgan fingerprint density at radius 1 is 0.846 bits per heavy atom. The highest BCUT2D eigenvalue weighted by Crippen LogP contribution is 2.22. The van der Waals surface area contributed by atoms with Gasteiger partial charge in [0.15, 0.2) is 0 Å². The number of carboxylic acids is 1. The molecule has 0 atom stereocenters. The Labute approximate surface area is 158 Å². The van der Waals surface area contributed by atoms with Crippen LogP contribution in [-0.4, -0.2) is 23.5 Å². The van der Waals surface area contributed by atoms with Crippen LogP contribution in [0.5, 0.6) is 0 Å². The predicted molar refractivity (Wildman–Crippen MR) is 107 cm³/mol. The van der Waals surface area contributed by atoms with E-state index in [4.69, 9.17) is 5.11 Å². The molecule has 1 aromatic rings. The molecule has 0 aliphatic heterocycles. The van der Waals surface area contributed by atoms with Crippen molar-refractivity contribution in [3.05, 3.63) is 35.4 Å². The van der Waals surface area contributed by atoms with Gasteiger partial charge < -0.3 is 10.4 Å².